The van der Waals surface area contributed by atoms with Gasteiger partial charge in [-0.05, 0) is 28.3 Å². The Labute approximate surface area is 96.1 Å². The number of hydrogen-bond donors (Lipinski definition) is 0. The van der Waals surface area contributed by atoms with Gasteiger partial charge in [0.1, 0.15) is 0 Å². The van der Waals surface area contributed by atoms with Crippen molar-refractivity contribution >= 4 is 20.5 Å². The van der Waals surface area contributed by atoms with Crippen LogP contribution in [0.1, 0.15) is 53.4 Å². The molecule has 0 aromatic heterocycles. The van der Waals surface area contributed by atoms with Crippen molar-refractivity contribution < 1.29 is 0 Å². The smallest absolute Gasteiger partial charge is 0.0309 e. The Morgan fingerprint density at radius 2 is 1.21 bits per heavy atom. The molecule has 1 rings (SSSR count). The second kappa shape index (κ2) is 4.13. The van der Waals surface area contributed by atoms with E-state index in [1.54, 1.807) is 0 Å². The van der Waals surface area contributed by atoms with E-state index in [1.807, 2.05) is 0 Å². The lowest BCUT2D eigenvalue weighted by atomic mass is 9.71. The molecule has 0 N–H and O–H groups in total. The molecule has 1 aliphatic rings. The van der Waals surface area contributed by atoms with Crippen LogP contribution in [0.25, 0.3) is 0 Å². The Bertz CT molecular complexity index is 165. The zero-order valence-electron chi connectivity index (χ0n) is 9.98. The topological polar surface area (TPSA) is 0 Å². The predicted molar refractivity (Wildman–Crippen MR) is 65.0 cm³/mol. The van der Waals surface area contributed by atoms with Gasteiger partial charge in [0.2, 0.25) is 0 Å². The summed E-state index contributed by atoms with van der Waals surface area (Å²) in [6.45, 7) is 9.21. The van der Waals surface area contributed by atoms with Crippen molar-refractivity contribution in [2.45, 2.75) is 63.5 Å². The summed E-state index contributed by atoms with van der Waals surface area (Å²) in [5, 5.41) is 0.603. The molecule has 0 amide bonds. The molecule has 0 aromatic rings. The van der Waals surface area contributed by atoms with Crippen LogP contribution in [0, 0.1) is 11.8 Å². The molecule has 0 heterocycles. The Kier molecular flexibility index (Phi) is 3.69. The molecule has 6 radical (unpaired) electrons. The van der Waals surface area contributed by atoms with Crippen molar-refractivity contribution in [1.29, 1.82) is 0 Å². The van der Waals surface area contributed by atoms with Gasteiger partial charge in [-0.2, -0.15) is 0 Å². The summed E-state index contributed by atoms with van der Waals surface area (Å²) >= 11 is 0. The maximum Gasteiger partial charge on any atom is 0.0309 e. The lowest BCUT2D eigenvalue weighted by Gasteiger charge is -2.42. The fourth-order valence-corrected chi connectivity index (χ4v) is 3.03. The average Bonchev–Trinajstić information content (AvgIpc) is 2.01. The van der Waals surface area contributed by atoms with Gasteiger partial charge in [-0.15, -0.1) is 0 Å². The highest BCUT2D eigenvalue weighted by atomic mass is 28.1. The molecular formula is C12H22Si2. The molecule has 2 atom stereocenters. The normalized spacial score (nSPS) is 30.4. The van der Waals surface area contributed by atoms with Crippen LogP contribution in [0.5, 0.6) is 0 Å². The van der Waals surface area contributed by atoms with Crippen molar-refractivity contribution in [3.8, 4) is 0 Å². The fraction of sp³-hybridized carbons (Fsp3) is 1.00. The molecule has 0 aliphatic heterocycles. The van der Waals surface area contributed by atoms with E-state index in [0.717, 1.165) is 11.8 Å². The van der Waals surface area contributed by atoms with Crippen molar-refractivity contribution in [1.82, 2.24) is 0 Å². The van der Waals surface area contributed by atoms with E-state index in [-0.39, 0.29) is 0 Å². The lowest BCUT2D eigenvalue weighted by Crippen LogP contribution is -2.29. The van der Waals surface area contributed by atoms with Gasteiger partial charge in [0, 0.05) is 20.5 Å². The second-order valence-electron chi connectivity index (χ2n) is 6.00. The molecule has 78 valence electrons. The first-order chi connectivity index (χ1) is 6.21. The van der Waals surface area contributed by atoms with Gasteiger partial charge in [0.25, 0.3) is 0 Å². The molecule has 1 fully saturated rings. The first-order valence-corrected chi connectivity index (χ1v) is 6.71. The highest BCUT2D eigenvalue weighted by Gasteiger charge is 2.35. The quantitative estimate of drug-likeness (QED) is 0.627. The summed E-state index contributed by atoms with van der Waals surface area (Å²) in [5.74, 6) is 1.65. The van der Waals surface area contributed by atoms with Gasteiger partial charge in [0.15, 0.2) is 0 Å². The minimum Gasteiger partial charge on any atom is -0.0628 e. The molecule has 0 nitrogen and oxygen atoms in total. The van der Waals surface area contributed by atoms with Crippen molar-refractivity contribution in [2.24, 2.45) is 11.8 Å². The largest absolute Gasteiger partial charge is 0.0628 e. The minimum atomic E-state index is 0.302. The Morgan fingerprint density at radius 3 is 1.50 bits per heavy atom. The minimum absolute atomic E-state index is 0.302. The van der Waals surface area contributed by atoms with E-state index >= 15 is 0 Å². The molecule has 0 spiro atoms. The number of hydrogen-bond acceptors (Lipinski definition) is 0. The van der Waals surface area contributed by atoms with Gasteiger partial charge in [-0.1, -0.05) is 47.0 Å². The van der Waals surface area contributed by atoms with Gasteiger partial charge in [0.05, 0.1) is 0 Å². The van der Waals surface area contributed by atoms with Gasteiger partial charge >= 0.3 is 0 Å². The second-order valence-corrected chi connectivity index (χ2v) is 8.58. The SMILES string of the molecule is CC(C)([Si])C1CCCC(C(C)(C)[Si])C1. The van der Waals surface area contributed by atoms with Crippen LogP contribution in [0.3, 0.4) is 0 Å². The van der Waals surface area contributed by atoms with Crippen molar-refractivity contribution in [3.05, 3.63) is 0 Å². The fourth-order valence-electron chi connectivity index (χ4n) is 2.50. The van der Waals surface area contributed by atoms with Gasteiger partial charge in [-0.25, -0.2) is 0 Å². The van der Waals surface area contributed by atoms with E-state index in [9.17, 15) is 0 Å². The van der Waals surface area contributed by atoms with Crippen LogP contribution in [-0.4, -0.2) is 20.5 Å². The third kappa shape index (κ3) is 3.23. The maximum absolute atomic E-state index is 3.87. The molecule has 1 aliphatic carbocycles. The Hall–Kier alpha value is 0.434. The molecule has 14 heavy (non-hydrogen) atoms. The lowest BCUT2D eigenvalue weighted by molar-refractivity contribution is 0.192. The van der Waals surface area contributed by atoms with Crippen LogP contribution in [0.15, 0.2) is 0 Å². The summed E-state index contributed by atoms with van der Waals surface area (Å²) in [5.41, 5.74) is 0. The summed E-state index contributed by atoms with van der Waals surface area (Å²) in [7, 11) is 7.74. The van der Waals surface area contributed by atoms with Crippen LogP contribution in [-0.2, 0) is 0 Å². The summed E-state index contributed by atoms with van der Waals surface area (Å²) in [4.78, 5) is 0. The molecular weight excluding hydrogens is 200 g/mol. The molecule has 1 saturated carbocycles. The molecule has 2 heteroatoms. The van der Waals surface area contributed by atoms with E-state index in [4.69, 9.17) is 0 Å². The van der Waals surface area contributed by atoms with E-state index in [0.29, 0.717) is 10.1 Å². The maximum atomic E-state index is 3.87. The van der Waals surface area contributed by atoms with Crippen LogP contribution in [0.2, 0.25) is 10.1 Å². The summed E-state index contributed by atoms with van der Waals surface area (Å²) < 4.78 is 0. The summed E-state index contributed by atoms with van der Waals surface area (Å²) in [6.07, 6.45) is 5.51. The third-order valence-electron chi connectivity index (χ3n) is 3.72. The first-order valence-electron chi connectivity index (χ1n) is 5.71. The van der Waals surface area contributed by atoms with Crippen molar-refractivity contribution in [2.75, 3.05) is 0 Å². The monoisotopic (exact) mass is 222 g/mol. The molecule has 0 bridgehead atoms. The van der Waals surface area contributed by atoms with Crippen LogP contribution < -0.4 is 0 Å². The Balaban J connectivity index is 2.61. The first kappa shape index (κ1) is 12.5. The molecule has 0 aromatic carbocycles. The summed E-state index contributed by atoms with van der Waals surface area (Å²) in [6, 6.07) is 0. The van der Waals surface area contributed by atoms with Gasteiger partial charge < -0.3 is 0 Å². The van der Waals surface area contributed by atoms with Crippen molar-refractivity contribution in [3.63, 3.8) is 0 Å². The zero-order chi connectivity index (χ0) is 11.0. The Morgan fingerprint density at radius 1 is 0.857 bits per heavy atom. The van der Waals surface area contributed by atoms with Crippen LogP contribution >= 0.6 is 0 Å². The standard InChI is InChI=1S/C12H22Si2/c1-11(2,13)9-6-5-7-10(8-9)12(3,4)14/h9-10H,5-8H2,1-4H3. The highest BCUT2D eigenvalue weighted by Crippen LogP contribution is 2.49. The zero-order valence-corrected chi connectivity index (χ0v) is 12.0. The molecule has 2 unspecified atom stereocenters. The average molecular weight is 222 g/mol. The predicted octanol–water partition coefficient (Wildman–Crippen LogP) is 3.53. The highest BCUT2D eigenvalue weighted by molar-refractivity contribution is 6.15. The van der Waals surface area contributed by atoms with Gasteiger partial charge in [-0.3, -0.25) is 0 Å². The van der Waals surface area contributed by atoms with E-state index < -0.39 is 0 Å². The van der Waals surface area contributed by atoms with E-state index in [1.165, 1.54) is 25.7 Å². The molecule has 0 saturated heterocycles. The van der Waals surface area contributed by atoms with Crippen LogP contribution in [0.4, 0.5) is 0 Å². The van der Waals surface area contributed by atoms with E-state index in [2.05, 4.69) is 48.2 Å². The third-order valence-corrected chi connectivity index (χ3v) is 4.53. The number of rotatable bonds is 2.